The van der Waals surface area contributed by atoms with Crippen molar-refractivity contribution in [2.75, 3.05) is 4.90 Å². The molecule has 1 aliphatic rings. The van der Waals surface area contributed by atoms with Crippen molar-refractivity contribution in [2.45, 2.75) is 5.41 Å². The fourth-order valence-electron chi connectivity index (χ4n) is 10.4. The average Bonchev–Trinajstić information content (AvgIpc) is 3.89. The van der Waals surface area contributed by atoms with Crippen molar-refractivity contribution in [3.8, 4) is 44.5 Å². The first-order chi connectivity index (χ1) is 31.3. The zero-order valence-corrected chi connectivity index (χ0v) is 35.3. The van der Waals surface area contributed by atoms with E-state index in [0.29, 0.717) is 0 Å². The summed E-state index contributed by atoms with van der Waals surface area (Å²) in [5, 5.41) is 2.58. The summed E-state index contributed by atoms with van der Waals surface area (Å²) in [5.41, 5.74) is 17.5. The molecule has 0 atom stereocenters. The summed E-state index contributed by atoms with van der Waals surface area (Å²) in [6, 6.07) is 91.7. The van der Waals surface area contributed by atoms with Gasteiger partial charge in [0.05, 0.1) is 16.8 Å². The molecular formula is C61H41NS. The number of rotatable bonds is 8. The molecule has 2 heteroatoms. The highest BCUT2D eigenvalue weighted by atomic mass is 32.1. The third-order valence-corrected chi connectivity index (χ3v) is 14.1. The van der Waals surface area contributed by atoms with Gasteiger partial charge in [-0.25, -0.2) is 0 Å². The first-order valence-electron chi connectivity index (χ1n) is 21.7. The van der Waals surface area contributed by atoms with Crippen LogP contribution in [0.5, 0.6) is 0 Å². The second-order valence-electron chi connectivity index (χ2n) is 16.3. The van der Waals surface area contributed by atoms with Gasteiger partial charge in [0.2, 0.25) is 0 Å². The second-order valence-corrected chi connectivity index (χ2v) is 17.4. The Kier molecular flexibility index (Phi) is 8.98. The number of benzene rings is 10. The van der Waals surface area contributed by atoms with E-state index in [-0.39, 0.29) is 0 Å². The smallest absolute Gasteiger partial charge is 0.0714 e. The lowest BCUT2D eigenvalue weighted by atomic mass is 9.68. The average molecular weight is 820 g/mol. The van der Waals surface area contributed by atoms with E-state index in [1.54, 1.807) is 0 Å². The quantitative estimate of drug-likeness (QED) is 0.148. The van der Waals surface area contributed by atoms with Crippen LogP contribution in [0.1, 0.15) is 22.3 Å². The number of nitrogens with zero attached hydrogens (tertiary/aromatic N) is 1. The molecule has 1 aromatic heterocycles. The molecule has 63 heavy (non-hydrogen) atoms. The van der Waals surface area contributed by atoms with Gasteiger partial charge in [-0.05, 0) is 86.0 Å². The lowest BCUT2D eigenvalue weighted by molar-refractivity contribution is 0.768. The van der Waals surface area contributed by atoms with Gasteiger partial charge in [0.25, 0.3) is 0 Å². The molecule has 0 N–H and O–H groups in total. The van der Waals surface area contributed by atoms with Crippen molar-refractivity contribution in [3.63, 3.8) is 0 Å². The van der Waals surface area contributed by atoms with Crippen molar-refractivity contribution >= 4 is 48.6 Å². The van der Waals surface area contributed by atoms with Gasteiger partial charge in [-0.2, -0.15) is 0 Å². The molecule has 11 aromatic rings. The van der Waals surface area contributed by atoms with E-state index in [0.717, 1.165) is 17.1 Å². The highest BCUT2D eigenvalue weighted by Gasteiger charge is 2.47. The Morgan fingerprint density at radius 3 is 1.51 bits per heavy atom. The van der Waals surface area contributed by atoms with Gasteiger partial charge in [-0.15, -0.1) is 11.3 Å². The van der Waals surface area contributed by atoms with E-state index in [1.807, 2.05) is 11.3 Å². The monoisotopic (exact) mass is 819 g/mol. The first kappa shape index (κ1) is 37.0. The van der Waals surface area contributed by atoms with Crippen LogP contribution < -0.4 is 4.90 Å². The number of anilines is 3. The highest BCUT2D eigenvalue weighted by Crippen LogP contribution is 2.60. The minimum Gasteiger partial charge on any atom is -0.309 e. The van der Waals surface area contributed by atoms with E-state index in [4.69, 9.17) is 0 Å². The van der Waals surface area contributed by atoms with E-state index < -0.39 is 5.41 Å². The lowest BCUT2D eigenvalue weighted by Crippen LogP contribution is -2.28. The van der Waals surface area contributed by atoms with E-state index >= 15 is 0 Å². The van der Waals surface area contributed by atoms with E-state index in [1.165, 1.54) is 86.9 Å². The Balaban J connectivity index is 1.22. The predicted octanol–water partition coefficient (Wildman–Crippen LogP) is 16.9. The maximum Gasteiger partial charge on any atom is 0.0714 e. The molecule has 0 radical (unpaired) electrons. The van der Waals surface area contributed by atoms with Crippen LogP contribution >= 0.6 is 11.3 Å². The molecule has 1 nitrogen and oxygen atoms in total. The Morgan fingerprint density at radius 2 is 0.810 bits per heavy atom. The van der Waals surface area contributed by atoms with Crippen molar-refractivity contribution in [3.05, 3.63) is 271 Å². The van der Waals surface area contributed by atoms with Gasteiger partial charge >= 0.3 is 0 Å². The molecule has 0 saturated heterocycles. The number of fused-ring (bicyclic) bond motifs is 6. The fourth-order valence-corrected chi connectivity index (χ4v) is 11.5. The Bertz CT molecular complexity index is 3400. The van der Waals surface area contributed by atoms with Gasteiger partial charge in [-0.3, -0.25) is 0 Å². The van der Waals surface area contributed by atoms with Crippen molar-refractivity contribution in [1.29, 1.82) is 0 Å². The summed E-state index contributed by atoms with van der Waals surface area (Å²) in [7, 11) is 0. The Hall–Kier alpha value is -7.78. The maximum absolute atomic E-state index is 2.56. The molecule has 12 rings (SSSR count). The molecule has 1 aliphatic carbocycles. The topological polar surface area (TPSA) is 3.24 Å². The lowest BCUT2D eigenvalue weighted by Gasteiger charge is -2.35. The van der Waals surface area contributed by atoms with Crippen LogP contribution in [0.15, 0.2) is 249 Å². The molecule has 1 heterocycles. The molecular weight excluding hydrogens is 779 g/mol. The fraction of sp³-hybridized carbons (Fsp3) is 0.0164. The summed E-state index contributed by atoms with van der Waals surface area (Å²) in [4.78, 5) is 2.56. The van der Waals surface area contributed by atoms with E-state index in [9.17, 15) is 0 Å². The zero-order chi connectivity index (χ0) is 41.7. The molecule has 0 spiro atoms. The van der Waals surface area contributed by atoms with Crippen LogP contribution in [-0.2, 0) is 5.41 Å². The molecule has 0 bridgehead atoms. The number of hydrogen-bond acceptors (Lipinski definition) is 2. The van der Waals surface area contributed by atoms with Crippen LogP contribution in [0.4, 0.5) is 17.1 Å². The van der Waals surface area contributed by atoms with Crippen molar-refractivity contribution in [2.24, 2.45) is 0 Å². The van der Waals surface area contributed by atoms with Crippen molar-refractivity contribution < 1.29 is 0 Å². The zero-order valence-electron chi connectivity index (χ0n) is 34.5. The van der Waals surface area contributed by atoms with Crippen LogP contribution in [0.3, 0.4) is 0 Å². The molecule has 296 valence electrons. The van der Waals surface area contributed by atoms with Gasteiger partial charge in [-0.1, -0.05) is 218 Å². The first-order valence-corrected chi connectivity index (χ1v) is 22.5. The molecule has 0 amide bonds. The SMILES string of the molecule is c1ccc(-c2ccccc2-c2c(-c3ccccc3)cccc2N(c2ccc3c(c2)sc2ccccc23)c2cccc3c2-c2ccccc2C3(c2ccccc2)c2ccccc2)cc1. The Labute approximate surface area is 372 Å². The standard InChI is InChI=1S/C61H41NS/c1-5-21-42(22-6-1)47-29-13-14-31-51(47)59-48(43-23-7-2-8-24-43)33-19-36-55(59)62(46-39-40-50-49-30-16-18-38-57(49)63-58(50)41-46)56-37-20-35-54-60(56)52-32-15-17-34-53(52)61(54,44-25-9-3-10-26-44)45-27-11-4-12-28-45/h1-41H. The predicted molar refractivity (Wildman–Crippen MR) is 268 cm³/mol. The molecule has 0 unspecified atom stereocenters. The molecule has 0 saturated carbocycles. The van der Waals surface area contributed by atoms with Gasteiger partial charge in [0.1, 0.15) is 0 Å². The van der Waals surface area contributed by atoms with Gasteiger partial charge in [0.15, 0.2) is 0 Å². The van der Waals surface area contributed by atoms with Crippen LogP contribution in [0.2, 0.25) is 0 Å². The third kappa shape index (κ3) is 5.91. The molecule has 10 aromatic carbocycles. The van der Waals surface area contributed by atoms with Crippen molar-refractivity contribution in [1.82, 2.24) is 0 Å². The maximum atomic E-state index is 2.56. The van der Waals surface area contributed by atoms with Gasteiger partial charge in [0, 0.05) is 37.0 Å². The number of thiophene rings is 1. The number of hydrogen-bond donors (Lipinski definition) is 0. The summed E-state index contributed by atoms with van der Waals surface area (Å²) < 4.78 is 2.56. The van der Waals surface area contributed by atoms with Gasteiger partial charge < -0.3 is 4.90 Å². The van der Waals surface area contributed by atoms with Crippen LogP contribution in [0.25, 0.3) is 64.7 Å². The van der Waals surface area contributed by atoms with Crippen LogP contribution in [0, 0.1) is 0 Å². The third-order valence-electron chi connectivity index (χ3n) is 13.0. The van der Waals surface area contributed by atoms with E-state index in [2.05, 4.69) is 254 Å². The Morgan fingerprint density at radius 1 is 0.317 bits per heavy atom. The highest BCUT2D eigenvalue weighted by molar-refractivity contribution is 7.25. The van der Waals surface area contributed by atoms with Crippen LogP contribution in [-0.4, -0.2) is 0 Å². The summed E-state index contributed by atoms with van der Waals surface area (Å²) in [6.07, 6.45) is 0. The molecule has 0 aliphatic heterocycles. The second kappa shape index (κ2) is 15.3. The summed E-state index contributed by atoms with van der Waals surface area (Å²) >= 11 is 1.87. The minimum absolute atomic E-state index is 0.541. The minimum atomic E-state index is -0.541. The largest absolute Gasteiger partial charge is 0.309 e. The molecule has 0 fully saturated rings. The normalized spacial score (nSPS) is 12.6. The summed E-state index contributed by atoms with van der Waals surface area (Å²) in [6.45, 7) is 0. The summed E-state index contributed by atoms with van der Waals surface area (Å²) in [5.74, 6) is 0.